The van der Waals surface area contributed by atoms with E-state index in [2.05, 4.69) is 50.1 Å². The van der Waals surface area contributed by atoms with E-state index in [0.29, 0.717) is 5.92 Å². The van der Waals surface area contributed by atoms with Crippen molar-refractivity contribution < 1.29 is 9.90 Å². The van der Waals surface area contributed by atoms with Gasteiger partial charge in [0, 0.05) is 16.9 Å². The number of carbonyl (C=O) groups is 1. The summed E-state index contributed by atoms with van der Waals surface area (Å²) in [5, 5.41) is 12.6. The molecule has 116 valence electrons. The van der Waals surface area contributed by atoms with Crippen molar-refractivity contribution in [1.29, 1.82) is 0 Å². The lowest BCUT2D eigenvalue weighted by atomic mass is 9.67. The van der Waals surface area contributed by atoms with Gasteiger partial charge in [0.25, 0.3) is 0 Å². The molecule has 1 aliphatic heterocycles. The molecule has 22 heavy (non-hydrogen) atoms. The first-order chi connectivity index (χ1) is 10.4. The lowest BCUT2D eigenvalue weighted by Gasteiger charge is -2.35. The van der Waals surface area contributed by atoms with Gasteiger partial charge in [-0.05, 0) is 36.1 Å². The van der Waals surface area contributed by atoms with E-state index in [4.69, 9.17) is 0 Å². The number of carbonyl (C=O) groups excluding carboxylic acids is 1. The maximum atomic E-state index is 12.6. The summed E-state index contributed by atoms with van der Waals surface area (Å²) in [6.45, 7) is 8.34. The quantitative estimate of drug-likeness (QED) is 0.822. The van der Waals surface area contributed by atoms with E-state index in [-0.39, 0.29) is 35.8 Å². The van der Waals surface area contributed by atoms with Crippen LogP contribution < -0.4 is 5.32 Å². The number of aliphatic hydroxyl groups is 1. The number of rotatable bonds is 2. The maximum Gasteiger partial charge on any atom is 0.225 e. The molecule has 0 radical (unpaired) electrons. The van der Waals surface area contributed by atoms with Crippen LogP contribution in [-0.4, -0.2) is 23.7 Å². The van der Waals surface area contributed by atoms with Gasteiger partial charge in [-0.2, -0.15) is 0 Å². The minimum absolute atomic E-state index is 0.0168. The number of hydrogen-bond donors (Lipinski definition) is 2. The first-order valence-electron chi connectivity index (χ1n) is 7.93. The van der Waals surface area contributed by atoms with E-state index < -0.39 is 0 Å². The van der Waals surface area contributed by atoms with Gasteiger partial charge in [0.2, 0.25) is 5.91 Å². The molecule has 3 nitrogen and oxygen atoms in total. The minimum Gasteiger partial charge on any atom is -0.394 e. The van der Waals surface area contributed by atoms with Gasteiger partial charge >= 0.3 is 0 Å². The summed E-state index contributed by atoms with van der Waals surface area (Å²) in [5.41, 5.74) is 3.19. The van der Waals surface area contributed by atoms with Crippen LogP contribution in [0.2, 0.25) is 0 Å². The summed E-state index contributed by atoms with van der Waals surface area (Å²) in [6, 6.07) is 6.09. The SMILES string of the molecule is CC#Cc1ccc2c(c1)[C@](C)(C(C)C)[C@H]1C(=O)N[C@H](CO)[C@@H]21. The third-order valence-electron chi connectivity index (χ3n) is 5.71. The summed E-state index contributed by atoms with van der Waals surface area (Å²) >= 11 is 0. The monoisotopic (exact) mass is 297 g/mol. The highest BCUT2D eigenvalue weighted by Gasteiger charge is 2.59. The van der Waals surface area contributed by atoms with Crippen molar-refractivity contribution in [2.45, 2.75) is 45.1 Å². The fourth-order valence-corrected chi connectivity index (χ4v) is 4.33. The summed E-state index contributed by atoms with van der Waals surface area (Å²) in [4.78, 5) is 12.6. The van der Waals surface area contributed by atoms with E-state index in [1.807, 2.05) is 13.0 Å². The predicted octanol–water partition coefficient (Wildman–Crippen LogP) is 2.18. The minimum atomic E-state index is -0.223. The summed E-state index contributed by atoms with van der Waals surface area (Å²) in [5.74, 6) is 6.41. The number of benzene rings is 1. The molecule has 1 amide bonds. The Balaban J connectivity index is 2.23. The maximum absolute atomic E-state index is 12.6. The third kappa shape index (κ3) is 1.84. The zero-order valence-electron chi connectivity index (χ0n) is 13.6. The highest BCUT2D eigenvalue weighted by atomic mass is 16.3. The first-order valence-corrected chi connectivity index (χ1v) is 7.93. The van der Waals surface area contributed by atoms with Gasteiger partial charge in [-0.25, -0.2) is 0 Å². The van der Waals surface area contributed by atoms with E-state index >= 15 is 0 Å². The predicted molar refractivity (Wildman–Crippen MR) is 86.4 cm³/mol. The van der Waals surface area contributed by atoms with Crippen LogP contribution in [-0.2, 0) is 10.2 Å². The average molecular weight is 297 g/mol. The van der Waals surface area contributed by atoms with Crippen LogP contribution in [0.15, 0.2) is 18.2 Å². The van der Waals surface area contributed by atoms with Crippen molar-refractivity contribution in [3.63, 3.8) is 0 Å². The Morgan fingerprint density at radius 3 is 2.73 bits per heavy atom. The van der Waals surface area contributed by atoms with Crippen LogP contribution in [0, 0.1) is 23.7 Å². The second-order valence-corrected chi connectivity index (χ2v) is 6.92. The number of nitrogens with one attached hydrogen (secondary N) is 1. The van der Waals surface area contributed by atoms with E-state index in [1.54, 1.807) is 0 Å². The van der Waals surface area contributed by atoms with E-state index in [0.717, 1.165) is 5.56 Å². The number of hydrogen-bond acceptors (Lipinski definition) is 2. The molecule has 0 spiro atoms. The Hall–Kier alpha value is -1.79. The van der Waals surface area contributed by atoms with Crippen molar-refractivity contribution in [2.75, 3.05) is 6.61 Å². The number of fused-ring (bicyclic) bond motifs is 3. The van der Waals surface area contributed by atoms with Crippen molar-refractivity contribution in [3.8, 4) is 11.8 Å². The molecule has 3 rings (SSSR count). The standard InChI is InChI=1S/C19H23NO2/c1-5-6-12-7-8-13-14(9-12)19(4,11(2)3)17-16(13)15(10-21)20-18(17)22/h7-9,11,15-17,21H,10H2,1-4H3,(H,20,22)/t15-,16-,17-,19+/m1/s1. The highest BCUT2D eigenvalue weighted by molar-refractivity contribution is 5.87. The molecule has 1 aromatic rings. The topological polar surface area (TPSA) is 49.3 Å². The molecular formula is C19H23NO2. The van der Waals surface area contributed by atoms with Gasteiger partial charge in [0.1, 0.15) is 0 Å². The Morgan fingerprint density at radius 1 is 1.41 bits per heavy atom. The average Bonchev–Trinajstić information content (AvgIpc) is 2.96. The van der Waals surface area contributed by atoms with Gasteiger partial charge < -0.3 is 10.4 Å². The Labute approximate surface area is 132 Å². The van der Waals surface area contributed by atoms with E-state index in [9.17, 15) is 9.90 Å². The molecule has 0 saturated carbocycles. The highest BCUT2D eigenvalue weighted by Crippen LogP contribution is 2.57. The van der Waals surface area contributed by atoms with Crippen molar-refractivity contribution in [2.24, 2.45) is 11.8 Å². The lowest BCUT2D eigenvalue weighted by Crippen LogP contribution is -2.39. The van der Waals surface area contributed by atoms with Crippen LogP contribution in [0.3, 0.4) is 0 Å². The van der Waals surface area contributed by atoms with Crippen molar-refractivity contribution in [1.82, 2.24) is 5.32 Å². The molecule has 2 N–H and O–H groups in total. The molecule has 1 aromatic carbocycles. The van der Waals surface area contributed by atoms with Gasteiger partial charge in [0.05, 0.1) is 18.6 Å². The molecular weight excluding hydrogens is 274 g/mol. The second-order valence-electron chi connectivity index (χ2n) is 6.92. The largest absolute Gasteiger partial charge is 0.394 e. The normalized spacial score (nSPS) is 32.3. The number of aliphatic hydroxyl groups excluding tert-OH is 1. The first kappa shape index (κ1) is 15.1. The fraction of sp³-hybridized carbons (Fsp3) is 0.526. The Kier molecular flexibility index (Phi) is 3.53. The Morgan fingerprint density at radius 2 is 2.14 bits per heavy atom. The lowest BCUT2D eigenvalue weighted by molar-refractivity contribution is -0.125. The summed E-state index contributed by atoms with van der Waals surface area (Å²) in [6.07, 6.45) is 0. The van der Waals surface area contributed by atoms with Crippen LogP contribution in [0.4, 0.5) is 0 Å². The fourth-order valence-electron chi connectivity index (χ4n) is 4.33. The smallest absolute Gasteiger partial charge is 0.225 e. The molecule has 0 unspecified atom stereocenters. The van der Waals surface area contributed by atoms with Gasteiger partial charge in [-0.1, -0.05) is 32.8 Å². The molecule has 0 bridgehead atoms. The molecule has 0 aromatic heterocycles. The molecule has 2 aliphatic rings. The van der Waals surface area contributed by atoms with Crippen LogP contribution >= 0.6 is 0 Å². The molecule has 1 heterocycles. The molecule has 3 heteroatoms. The molecule has 4 atom stereocenters. The second kappa shape index (κ2) is 5.14. The molecule has 1 fully saturated rings. The molecule has 1 saturated heterocycles. The van der Waals surface area contributed by atoms with Crippen LogP contribution in [0.1, 0.15) is 50.3 Å². The van der Waals surface area contributed by atoms with Crippen molar-refractivity contribution in [3.05, 3.63) is 34.9 Å². The molecule has 1 aliphatic carbocycles. The zero-order chi connectivity index (χ0) is 16.1. The van der Waals surface area contributed by atoms with Gasteiger partial charge in [-0.3, -0.25) is 4.79 Å². The van der Waals surface area contributed by atoms with Gasteiger partial charge in [0.15, 0.2) is 0 Å². The van der Waals surface area contributed by atoms with Crippen molar-refractivity contribution >= 4 is 5.91 Å². The third-order valence-corrected chi connectivity index (χ3v) is 5.71. The summed E-state index contributed by atoms with van der Waals surface area (Å²) in [7, 11) is 0. The zero-order valence-corrected chi connectivity index (χ0v) is 13.6. The summed E-state index contributed by atoms with van der Waals surface area (Å²) < 4.78 is 0. The Bertz CT molecular complexity index is 682. The van der Waals surface area contributed by atoms with Gasteiger partial charge in [-0.15, -0.1) is 5.92 Å². The number of amides is 1. The van der Waals surface area contributed by atoms with Crippen LogP contribution in [0.25, 0.3) is 0 Å². The van der Waals surface area contributed by atoms with Crippen LogP contribution in [0.5, 0.6) is 0 Å². The van der Waals surface area contributed by atoms with E-state index in [1.165, 1.54) is 11.1 Å².